The van der Waals surface area contributed by atoms with Gasteiger partial charge in [-0.3, -0.25) is 14.5 Å². The number of carbonyl (C=O) groups is 2. The lowest BCUT2D eigenvalue weighted by atomic mass is 9.82. The van der Waals surface area contributed by atoms with E-state index in [4.69, 9.17) is 0 Å². The molecule has 1 heterocycles. The number of carboxylic acids is 1. The largest absolute Gasteiger partial charge is 0.481 e. The van der Waals surface area contributed by atoms with E-state index in [1.165, 1.54) is 24.8 Å². The van der Waals surface area contributed by atoms with Crippen molar-refractivity contribution in [2.45, 2.75) is 32.2 Å². The standard InChI is InChI=1S/C21H26N2O3/c24-20(18-15-6-7-16(12-15)19(18)21(25)26)22-17-8-4-14(5-9-17)13-23-10-2-1-3-11-23/h4-9,15-16,18-19H,1-3,10-13H2,(H,22,24)(H,25,26)/t15-,16+,18-,19-/m0/s1. The van der Waals surface area contributed by atoms with Gasteiger partial charge in [0.1, 0.15) is 0 Å². The topological polar surface area (TPSA) is 69.6 Å². The number of hydrogen-bond donors (Lipinski definition) is 2. The number of nitrogens with one attached hydrogen (secondary N) is 1. The molecule has 2 N–H and O–H groups in total. The van der Waals surface area contributed by atoms with Gasteiger partial charge in [0.25, 0.3) is 0 Å². The van der Waals surface area contributed by atoms with E-state index in [2.05, 4.69) is 22.3 Å². The summed E-state index contributed by atoms with van der Waals surface area (Å²) in [5.41, 5.74) is 1.99. The zero-order valence-electron chi connectivity index (χ0n) is 14.9. The SMILES string of the molecule is O=C(O)[C@@H]1[C@@H](C(=O)Nc2ccc(CN3CCCCC3)cc2)[C@H]2C=C[C@@H]1C2. The number of nitrogens with zero attached hydrogens (tertiary/aromatic N) is 1. The first kappa shape index (κ1) is 17.3. The zero-order valence-corrected chi connectivity index (χ0v) is 14.9. The highest BCUT2D eigenvalue weighted by Crippen LogP contribution is 2.48. The van der Waals surface area contributed by atoms with Crippen molar-refractivity contribution in [3.05, 3.63) is 42.0 Å². The van der Waals surface area contributed by atoms with E-state index in [0.717, 1.165) is 31.7 Å². The second-order valence-electron chi connectivity index (χ2n) is 7.86. The smallest absolute Gasteiger partial charge is 0.307 e. The van der Waals surface area contributed by atoms with Crippen LogP contribution >= 0.6 is 0 Å². The number of fused-ring (bicyclic) bond motifs is 2. The maximum absolute atomic E-state index is 12.7. The Morgan fingerprint density at radius 3 is 2.31 bits per heavy atom. The summed E-state index contributed by atoms with van der Waals surface area (Å²) in [5.74, 6) is -2.03. The highest BCUT2D eigenvalue weighted by molar-refractivity contribution is 5.96. The fraction of sp³-hybridized carbons (Fsp3) is 0.524. The Labute approximate surface area is 154 Å². The van der Waals surface area contributed by atoms with Gasteiger partial charge in [-0.15, -0.1) is 0 Å². The maximum Gasteiger partial charge on any atom is 0.307 e. The first-order valence-corrected chi connectivity index (χ1v) is 9.65. The lowest BCUT2D eigenvalue weighted by molar-refractivity contribution is -0.146. The third kappa shape index (κ3) is 3.40. The number of carbonyl (C=O) groups excluding carboxylic acids is 1. The Morgan fingerprint density at radius 1 is 1.00 bits per heavy atom. The number of amides is 1. The van der Waals surface area contributed by atoms with Crippen molar-refractivity contribution in [3.8, 4) is 0 Å². The molecule has 1 saturated heterocycles. The minimum Gasteiger partial charge on any atom is -0.481 e. The van der Waals surface area contributed by atoms with Gasteiger partial charge in [0.2, 0.25) is 5.91 Å². The van der Waals surface area contributed by atoms with Crippen LogP contribution in [0.1, 0.15) is 31.2 Å². The van der Waals surface area contributed by atoms with E-state index in [9.17, 15) is 14.7 Å². The molecule has 5 heteroatoms. The van der Waals surface area contributed by atoms with Crippen LogP contribution in [0, 0.1) is 23.7 Å². The normalized spacial score (nSPS) is 30.5. The molecule has 138 valence electrons. The molecule has 0 aromatic heterocycles. The summed E-state index contributed by atoms with van der Waals surface area (Å²) in [6, 6.07) is 7.96. The van der Waals surface area contributed by atoms with E-state index in [0.29, 0.717) is 0 Å². The van der Waals surface area contributed by atoms with Gasteiger partial charge in [-0.1, -0.05) is 30.7 Å². The number of hydrogen-bond acceptors (Lipinski definition) is 3. The highest BCUT2D eigenvalue weighted by atomic mass is 16.4. The van der Waals surface area contributed by atoms with Gasteiger partial charge in [0, 0.05) is 12.2 Å². The van der Waals surface area contributed by atoms with Crippen molar-refractivity contribution >= 4 is 17.6 Å². The van der Waals surface area contributed by atoms with Crippen LogP contribution in [0.3, 0.4) is 0 Å². The molecule has 0 spiro atoms. The van der Waals surface area contributed by atoms with Gasteiger partial charge in [-0.05, 0) is 61.9 Å². The third-order valence-electron chi connectivity index (χ3n) is 6.12. The van der Waals surface area contributed by atoms with Crippen molar-refractivity contribution in [3.63, 3.8) is 0 Å². The van der Waals surface area contributed by atoms with Crippen molar-refractivity contribution in [2.24, 2.45) is 23.7 Å². The molecule has 1 saturated carbocycles. The minimum absolute atomic E-state index is 0.000156. The lowest BCUT2D eigenvalue weighted by Crippen LogP contribution is -2.36. The van der Waals surface area contributed by atoms with E-state index in [1.54, 1.807) is 0 Å². The van der Waals surface area contributed by atoms with Gasteiger partial charge in [0.15, 0.2) is 0 Å². The molecule has 26 heavy (non-hydrogen) atoms. The summed E-state index contributed by atoms with van der Waals surface area (Å²) in [6.07, 6.45) is 8.63. The maximum atomic E-state index is 12.7. The highest BCUT2D eigenvalue weighted by Gasteiger charge is 2.51. The number of anilines is 1. The molecular weight excluding hydrogens is 328 g/mol. The molecule has 0 unspecified atom stereocenters. The van der Waals surface area contributed by atoms with Crippen LogP contribution in [0.2, 0.25) is 0 Å². The third-order valence-corrected chi connectivity index (χ3v) is 6.12. The number of rotatable bonds is 5. The first-order chi connectivity index (χ1) is 12.6. The monoisotopic (exact) mass is 354 g/mol. The first-order valence-electron chi connectivity index (χ1n) is 9.65. The Kier molecular flexibility index (Phi) is 4.81. The quantitative estimate of drug-likeness (QED) is 0.797. The molecule has 2 aliphatic carbocycles. The Balaban J connectivity index is 1.38. The molecule has 3 aliphatic rings. The number of benzene rings is 1. The van der Waals surface area contributed by atoms with E-state index < -0.39 is 17.8 Å². The Bertz CT molecular complexity index is 706. The Hall–Kier alpha value is -2.14. The summed E-state index contributed by atoms with van der Waals surface area (Å²) < 4.78 is 0. The molecule has 2 bridgehead atoms. The summed E-state index contributed by atoms with van der Waals surface area (Å²) in [7, 11) is 0. The molecule has 2 fully saturated rings. The van der Waals surface area contributed by atoms with E-state index >= 15 is 0 Å². The molecule has 5 nitrogen and oxygen atoms in total. The summed E-state index contributed by atoms with van der Waals surface area (Å²) >= 11 is 0. The zero-order chi connectivity index (χ0) is 18.1. The van der Waals surface area contributed by atoms with Crippen LogP contribution in [0.4, 0.5) is 5.69 Å². The number of carboxylic acid groups (broad SMARTS) is 1. The fourth-order valence-electron chi connectivity index (χ4n) is 4.81. The van der Waals surface area contributed by atoms with Crippen molar-refractivity contribution in [1.82, 2.24) is 4.90 Å². The second-order valence-corrected chi connectivity index (χ2v) is 7.86. The number of allylic oxidation sites excluding steroid dienone is 2. The number of aliphatic carboxylic acids is 1. The van der Waals surface area contributed by atoms with Gasteiger partial charge < -0.3 is 10.4 Å². The average molecular weight is 354 g/mol. The van der Waals surface area contributed by atoms with E-state index in [1.807, 2.05) is 24.3 Å². The molecular formula is C21H26N2O3. The van der Waals surface area contributed by atoms with Crippen LogP contribution in [0.25, 0.3) is 0 Å². The van der Waals surface area contributed by atoms with Gasteiger partial charge in [0.05, 0.1) is 11.8 Å². The van der Waals surface area contributed by atoms with Crippen molar-refractivity contribution < 1.29 is 14.7 Å². The second kappa shape index (κ2) is 7.23. The van der Waals surface area contributed by atoms with Crippen LogP contribution in [0.15, 0.2) is 36.4 Å². The molecule has 1 amide bonds. The van der Waals surface area contributed by atoms with Crippen LogP contribution in [-0.4, -0.2) is 35.0 Å². The van der Waals surface area contributed by atoms with Gasteiger partial charge >= 0.3 is 5.97 Å². The van der Waals surface area contributed by atoms with Crippen LogP contribution in [0.5, 0.6) is 0 Å². The summed E-state index contributed by atoms with van der Waals surface area (Å²) in [4.78, 5) is 26.7. The molecule has 4 atom stereocenters. The van der Waals surface area contributed by atoms with Crippen LogP contribution < -0.4 is 5.32 Å². The molecule has 1 aromatic rings. The van der Waals surface area contributed by atoms with Gasteiger partial charge in [-0.25, -0.2) is 0 Å². The van der Waals surface area contributed by atoms with Crippen molar-refractivity contribution in [2.75, 3.05) is 18.4 Å². The summed E-state index contributed by atoms with van der Waals surface area (Å²) in [5, 5.41) is 12.4. The molecule has 4 rings (SSSR count). The number of piperidine rings is 1. The predicted molar refractivity (Wildman–Crippen MR) is 99.6 cm³/mol. The summed E-state index contributed by atoms with van der Waals surface area (Å²) in [6.45, 7) is 3.27. The average Bonchev–Trinajstić information content (AvgIpc) is 3.25. The number of likely N-dealkylation sites (tertiary alicyclic amines) is 1. The molecule has 0 radical (unpaired) electrons. The minimum atomic E-state index is -0.862. The van der Waals surface area contributed by atoms with Gasteiger partial charge in [-0.2, -0.15) is 0 Å². The lowest BCUT2D eigenvalue weighted by Gasteiger charge is -2.26. The Morgan fingerprint density at radius 2 is 1.65 bits per heavy atom. The molecule has 1 aliphatic heterocycles. The fourth-order valence-corrected chi connectivity index (χ4v) is 4.81. The van der Waals surface area contributed by atoms with E-state index in [-0.39, 0.29) is 17.7 Å². The van der Waals surface area contributed by atoms with Crippen LogP contribution in [-0.2, 0) is 16.1 Å². The molecule has 1 aromatic carbocycles. The predicted octanol–water partition coefficient (Wildman–Crippen LogP) is 3.13. The van der Waals surface area contributed by atoms with Crippen molar-refractivity contribution in [1.29, 1.82) is 0 Å².